The fourth-order valence-electron chi connectivity index (χ4n) is 3.27. The highest BCUT2D eigenvalue weighted by Gasteiger charge is 2.49. The molecule has 1 heterocycles. The Bertz CT molecular complexity index is 494. The van der Waals surface area contributed by atoms with Crippen molar-refractivity contribution in [2.24, 2.45) is 5.73 Å². The van der Waals surface area contributed by atoms with Crippen LogP contribution in [0.4, 0.5) is 0 Å². The first-order valence-corrected chi connectivity index (χ1v) is 9.00. The molecule has 1 saturated heterocycles. The van der Waals surface area contributed by atoms with Gasteiger partial charge in [-0.2, -0.15) is 11.8 Å². The maximum atomic E-state index is 6.38. The van der Waals surface area contributed by atoms with Crippen LogP contribution in [0.25, 0.3) is 0 Å². The van der Waals surface area contributed by atoms with E-state index >= 15 is 0 Å². The summed E-state index contributed by atoms with van der Waals surface area (Å²) in [6.07, 6.45) is 4.96. The largest absolute Gasteiger partial charge is 0.493 e. The number of para-hydroxylation sites is 1. The minimum Gasteiger partial charge on any atom is -0.493 e. The lowest BCUT2D eigenvalue weighted by molar-refractivity contribution is 0.198. The average Bonchev–Trinajstić information content (AvgIpc) is 3.30. The molecule has 4 heteroatoms. The Balaban J connectivity index is 1.92. The van der Waals surface area contributed by atoms with Crippen LogP contribution in [0.2, 0.25) is 0 Å². The van der Waals surface area contributed by atoms with Crippen molar-refractivity contribution in [1.29, 1.82) is 0 Å². The Kier molecular flexibility index (Phi) is 4.36. The lowest BCUT2D eigenvalue weighted by atomic mass is 9.88. The van der Waals surface area contributed by atoms with Gasteiger partial charge in [0.05, 0.1) is 7.11 Å². The summed E-state index contributed by atoms with van der Waals surface area (Å²) >= 11 is 1.98. The third kappa shape index (κ3) is 2.88. The molecule has 2 aliphatic rings. The summed E-state index contributed by atoms with van der Waals surface area (Å²) in [7, 11) is 1.72. The smallest absolute Gasteiger partial charge is 0.165 e. The molecular formula is C17H25NO2S. The lowest BCUT2D eigenvalue weighted by Crippen LogP contribution is -2.33. The zero-order valence-corrected chi connectivity index (χ0v) is 13.7. The van der Waals surface area contributed by atoms with Crippen LogP contribution in [-0.4, -0.2) is 30.8 Å². The van der Waals surface area contributed by atoms with Crippen molar-refractivity contribution in [1.82, 2.24) is 0 Å². The second-order valence-electron chi connectivity index (χ2n) is 6.24. The third-order valence-corrected chi connectivity index (χ3v) is 5.98. The zero-order chi connectivity index (χ0) is 14.9. The molecule has 2 atom stereocenters. The van der Waals surface area contributed by atoms with Crippen molar-refractivity contribution in [2.45, 2.75) is 50.2 Å². The van der Waals surface area contributed by atoms with Crippen molar-refractivity contribution in [3.63, 3.8) is 0 Å². The van der Waals surface area contributed by atoms with Gasteiger partial charge < -0.3 is 15.2 Å². The molecule has 0 aromatic heterocycles. The molecule has 3 nitrogen and oxygen atoms in total. The number of ether oxygens (including phenoxy) is 2. The second kappa shape index (κ2) is 6.09. The summed E-state index contributed by atoms with van der Waals surface area (Å²) in [5, 5.41) is 0. The molecule has 0 radical (unpaired) electrons. The first kappa shape index (κ1) is 15.0. The van der Waals surface area contributed by atoms with Crippen LogP contribution in [0.1, 0.15) is 38.2 Å². The molecule has 0 spiro atoms. The Morgan fingerprint density at radius 3 is 2.76 bits per heavy atom. The first-order chi connectivity index (χ1) is 10.2. The van der Waals surface area contributed by atoms with Crippen LogP contribution in [0.5, 0.6) is 11.5 Å². The van der Waals surface area contributed by atoms with Gasteiger partial charge in [-0.1, -0.05) is 12.1 Å². The van der Waals surface area contributed by atoms with Gasteiger partial charge in [-0.05, 0) is 44.4 Å². The molecule has 1 aliphatic heterocycles. The van der Waals surface area contributed by atoms with Crippen LogP contribution >= 0.6 is 11.8 Å². The van der Waals surface area contributed by atoms with E-state index in [0.717, 1.165) is 36.5 Å². The number of thioether (sulfide) groups is 1. The van der Waals surface area contributed by atoms with Gasteiger partial charge >= 0.3 is 0 Å². The van der Waals surface area contributed by atoms with E-state index in [1.54, 1.807) is 7.11 Å². The molecular weight excluding hydrogens is 282 g/mol. The predicted molar refractivity (Wildman–Crippen MR) is 88.5 cm³/mol. The van der Waals surface area contributed by atoms with Gasteiger partial charge in [-0.25, -0.2) is 0 Å². The minimum atomic E-state index is 0.0890. The van der Waals surface area contributed by atoms with E-state index in [0.29, 0.717) is 6.10 Å². The summed E-state index contributed by atoms with van der Waals surface area (Å²) in [6, 6.07) is 6.36. The molecule has 2 N–H and O–H groups in total. The summed E-state index contributed by atoms with van der Waals surface area (Å²) in [6.45, 7) is 2.10. The van der Waals surface area contributed by atoms with E-state index in [1.165, 1.54) is 17.7 Å². The summed E-state index contributed by atoms with van der Waals surface area (Å²) in [5.41, 5.74) is 7.59. The molecule has 0 bridgehead atoms. The van der Waals surface area contributed by atoms with E-state index < -0.39 is 0 Å². The topological polar surface area (TPSA) is 44.5 Å². The molecule has 1 aromatic rings. The normalized spacial score (nSPS) is 25.2. The van der Waals surface area contributed by atoms with Crippen molar-refractivity contribution >= 4 is 11.8 Å². The number of hydrogen-bond donors (Lipinski definition) is 1. The van der Waals surface area contributed by atoms with E-state index in [2.05, 4.69) is 19.1 Å². The molecule has 1 aromatic carbocycles. The van der Waals surface area contributed by atoms with Crippen LogP contribution in [0.15, 0.2) is 18.2 Å². The predicted octanol–water partition coefficient (Wildman–Crippen LogP) is 3.35. The quantitative estimate of drug-likeness (QED) is 0.906. The van der Waals surface area contributed by atoms with E-state index in [9.17, 15) is 0 Å². The van der Waals surface area contributed by atoms with Crippen LogP contribution in [0, 0.1) is 0 Å². The molecule has 116 valence electrons. The summed E-state index contributed by atoms with van der Waals surface area (Å²) in [4.78, 5) is 0. The summed E-state index contributed by atoms with van der Waals surface area (Å²) < 4.78 is 11.9. The summed E-state index contributed by atoms with van der Waals surface area (Å²) in [5.74, 6) is 4.10. The number of methoxy groups -OCH3 is 1. The molecule has 1 aliphatic carbocycles. The van der Waals surface area contributed by atoms with Gasteiger partial charge in [0.1, 0.15) is 6.10 Å². The number of rotatable bonds is 5. The van der Waals surface area contributed by atoms with Crippen molar-refractivity contribution in [3.8, 4) is 11.5 Å². The minimum absolute atomic E-state index is 0.0890. The Labute approximate surface area is 131 Å². The highest BCUT2D eigenvalue weighted by molar-refractivity contribution is 7.99. The molecule has 2 unspecified atom stereocenters. The van der Waals surface area contributed by atoms with E-state index in [-0.39, 0.29) is 11.5 Å². The van der Waals surface area contributed by atoms with Gasteiger partial charge in [-0.15, -0.1) is 0 Å². The monoisotopic (exact) mass is 307 g/mol. The molecule has 3 rings (SSSR count). The molecule has 1 saturated carbocycles. The number of benzene rings is 1. The number of nitrogens with two attached hydrogens (primary N) is 1. The third-order valence-electron chi connectivity index (χ3n) is 4.80. The Hall–Kier alpha value is -0.870. The van der Waals surface area contributed by atoms with Crippen molar-refractivity contribution in [3.05, 3.63) is 23.8 Å². The highest BCUT2D eigenvalue weighted by atomic mass is 32.2. The Morgan fingerprint density at radius 1 is 1.38 bits per heavy atom. The standard InChI is InChI=1S/C17H25NO2S/c1-12(18)17(8-9-17)14-6-3-7-15(19-2)16(14)20-13-5-4-10-21-11-13/h3,6-7,12-13H,4-5,8-11,18H2,1-2H3. The molecule has 2 fully saturated rings. The SMILES string of the molecule is COc1cccc(C2(C(C)N)CC2)c1OC1CCCSC1. The lowest BCUT2D eigenvalue weighted by Gasteiger charge is -2.28. The fraction of sp³-hybridized carbons (Fsp3) is 0.647. The van der Waals surface area contributed by atoms with Crippen molar-refractivity contribution in [2.75, 3.05) is 18.6 Å². The van der Waals surface area contributed by atoms with Gasteiger partial charge in [0.2, 0.25) is 0 Å². The van der Waals surface area contributed by atoms with Gasteiger partial charge in [0.25, 0.3) is 0 Å². The van der Waals surface area contributed by atoms with Crippen LogP contribution in [0.3, 0.4) is 0 Å². The van der Waals surface area contributed by atoms with E-state index in [4.69, 9.17) is 15.2 Å². The average molecular weight is 307 g/mol. The van der Waals surface area contributed by atoms with Crippen molar-refractivity contribution < 1.29 is 9.47 Å². The van der Waals surface area contributed by atoms with Gasteiger partial charge in [0, 0.05) is 22.8 Å². The maximum absolute atomic E-state index is 6.38. The number of hydrogen-bond acceptors (Lipinski definition) is 4. The van der Waals surface area contributed by atoms with Gasteiger partial charge in [0.15, 0.2) is 11.5 Å². The first-order valence-electron chi connectivity index (χ1n) is 7.85. The van der Waals surface area contributed by atoms with Crippen LogP contribution < -0.4 is 15.2 Å². The molecule has 21 heavy (non-hydrogen) atoms. The highest BCUT2D eigenvalue weighted by Crippen LogP contribution is 2.55. The van der Waals surface area contributed by atoms with Gasteiger partial charge in [-0.3, -0.25) is 0 Å². The van der Waals surface area contributed by atoms with Crippen LogP contribution in [-0.2, 0) is 5.41 Å². The maximum Gasteiger partial charge on any atom is 0.165 e. The molecule has 0 amide bonds. The fourth-order valence-corrected chi connectivity index (χ4v) is 4.30. The Morgan fingerprint density at radius 2 is 2.19 bits per heavy atom. The van der Waals surface area contributed by atoms with E-state index in [1.807, 2.05) is 17.8 Å². The second-order valence-corrected chi connectivity index (χ2v) is 7.39. The zero-order valence-electron chi connectivity index (χ0n) is 12.9.